The highest BCUT2D eigenvalue weighted by atomic mass is 79.9. The van der Waals surface area contributed by atoms with E-state index in [2.05, 4.69) is 34.7 Å². The highest BCUT2D eigenvalue weighted by molar-refractivity contribution is 9.11. The molecule has 0 spiro atoms. The van der Waals surface area contributed by atoms with Crippen molar-refractivity contribution >= 4 is 22.0 Å². The maximum atomic E-state index is 11.3. The Balaban J connectivity index is 3.63. The quantitative estimate of drug-likeness (QED) is 0.796. The first-order chi connectivity index (χ1) is 6.07. The van der Waals surface area contributed by atoms with E-state index in [9.17, 15) is 4.79 Å². The molecule has 4 heteroatoms. The minimum atomic E-state index is -0.0472. The number of carbonyl (C=O) groups is 1. The molecule has 0 aliphatic heterocycles. The number of rotatable bonds is 5. The van der Waals surface area contributed by atoms with E-state index in [0.29, 0.717) is 6.54 Å². The van der Waals surface area contributed by atoms with E-state index in [1.807, 2.05) is 0 Å². The van der Waals surface area contributed by atoms with Crippen molar-refractivity contribution in [2.75, 3.05) is 20.1 Å². The van der Waals surface area contributed by atoms with Crippen LogP contribution >= 0.6 is 15.9 Å². The minimum absolute atomic E-state index is 0.0472. The highest BCUT2D eigenvalue weighted by Gasteiger charge is 2.05. The van der Waals surface area contributed by atoms with Crippen molar-refractivity contribution < 1.29 is 4.79 Å². The van der Waals surface area contributed by atoms with Gasteiger partial charge in [-0.05, 0) is 6.42 Å². The Morgan fingerprint density at radius 3 is 2.69 bits per heavy atom. The number of unbranched alkanes of at least 4 members (excludes halogenated alkanes) is 1. The van der Waals surface area contributed by atoms with Crippen LogP contribution in [0.15, 0.2) is 11.1 Å². The molecule has 0 unspecified atom stereocenters. The Morgan fingerprint density at radius 1 is 1.62 bits per heavy atom. The Bertz CT molecular complexity index is 182. The first-order valence-electron chi connectivity index (χ1n) is 4.40. The summed E-state index contributed by atoms with van der Waals surface area (Å²) in [5, 5.41) is 2.73. The lowest BCUT2D eigenvalue weighted by Gasteiger charge is -2.17. The zero-order valence-corrected chi connectivity index (χ0v) is 9.85. The number of nitrogens with zero attached hydrogens (tertiary/aromatic N) is 1. The molecule has 0 aromatic heterocycles. The smallest absolute Gasteiger partial charge is 0.317 e. The molecular weight excluding hydrogens is 232 g/mol. The van der Waals surface area contributed by atoms with Gasteiger partial charge in [-0.2, -0.15) is 0 Å². The van der Waals surface area contributed by atoms with Crippen molar-refractivity contribution in [3.8, 4) is 0 Å². The van der Waals surface area contributed by atoms with Crippen LogP contribution in [0.1, 0.15) is 19.8 Å². The summed E-state index contributed by atoms with van der Waals surface area (Å²) in [5.74, 6) is 0. The number of nitrogens with one attached hydrogen (secondary N) is 1. The van der Waals surface area contributed by atoms with Crippen molar-refractivity contribution in [1.29, 1.82) is 0 Å². The van der Waals surface area contributed by atoms with Gasteiger partial charge >= 0.3 is 6.03 Å². The molecule has 76 valence electrons. The SMILES string of the molecule is C=C(Br)CNC(=O)N(C)CCCC. The molecule has 3 nitrogen and oxygen atoms in total. The second-order valence-corrected chi connectivity index (χ2v) is 4.07. The van der Waals surface area contributed by atoms with Crippen molar-refractivity contribution in [3.63, 3.8) is 0 Å². The van der Waals surface area contributed by atoms with Gasteiger partial charge in [0.1, 0.15) is 0 Å². The fourth-order valence-electron chi connectivity index (χ4n) is 0.803. The zero-order chi connectivity index (χ0) is 10.3. The highest BCUT2D eigenvalue weighted by Crippen LogP contribution is 1.98. The molecule has 0 radical (unpaired) electrons. The van der Waals surface area contributed by atoms with Crippen LogP contribution in [0, 0.1) is 0 Å². The summed E-state index contributed by atoms with van der Waals surface area (Å²) in [6, 6.07) is -0.0472. The number of hydrogen-bond acceptors (Lipinski definition) is 1. The van der Waals surface area contributed by atoms with E-state index in [1.165, 1.54) is 0 Å². The maximum absolute atomic E-state index is 11.3. The Hall–Kier alpha value is -0.510. The Labute approximate surface area is 88.3 Å². The topological polar surface area (TPSA) is 32.3 Å². The van der Waals surface area contributed by atoms with Gasteiger partial charge in [-0.15, -0.1) is 0 Å². The third-order valence-electron chi connectivity index (χ3n) is 1.63. The van der Waals surface area contributed by atoms with Gasteiger partial charge < -0.3 is 10.2 Å². The van der Waals surface area contributed by atoms with Gasteiger partial charge in [0, 0.05) is 18.1 Å². The van der Waals surface area contributed by atoms with Crippen LogP contribution in [-0.4, -0.2) is 31.1 Å². The summed E-state index contributed by atoms with van der Waals surface area (Å²) in [7, 11) is 1.79. The van der Waals surface area contributed by atoms with E-state index < -0.39 is 0 Å². The van der Waals surface area contributed by atoms with Crippen LogP contribution in [-0.2, 0) is 0 Å². The number of halogens is 1. The Morgan fingerprint density at radius 2 is 2.23 bits per heavy atom. The fourth-order valence-corrected chi connectivity index (χ4v) is 0.943. The molecule has 0 heterocycles. The Kier molecular flexibility index (Phi) is 6.68. The van der Waals surface area contributed by atoms with Crippen molar-refractivity contribution in [2.24, 2.45) is 0 Å². The third kappa shape index (κ3) is 6.63. The predicted octanol–water partition coefficient (Wildman–Crippen LogP) is 2.34. The molecule has 0 bridgehead atoms. The van der Waals surface area contributed by atoms with Gasteiger partial charge in [0.05, 0.1) is 6.54 Å². The van der Waals surface area contributed by atoms with E-state index in [-0.39, 0.29) is 6.03 Å². The van der Waals surface area contributed by atoms with Crippen LogP contribution in [0.25, 0.3) is 0 Å². The summed E-state index contributed by atoms with van der Waals surface area (Å²) in [4.78, 5) is 13.0. The molecule has 0 atom stereocenters. The molecule has 0 aliphatic carbocycles. The van der Waals surface area contributed by atoms with Gasteiger partial charge in [0.15, 0.2) is 0 Å². The molecule has 13 heavy (non-hydrogen) atoms. The van der Waals surface area contributed by atoms with Crippen LogP contribution in [0.5, 0.6) is 0 Å². The number of hydrogen-bond donors (Lipinski definition) is 1. The number of amides is 2. The van der Waals surface area contributed by atoms with Gasteiger partial charge in [0.25, 0.3) is 0 Å². The molecule has 0 aromatic carbocycles. The van der Waals surface area contributed by atoms with Crippen molar-refractivity contribution in [1.82, 2.24) is 10.2 Å². The van der Waals surface area contributed by atoms with Crippen LogP contribution in [0.4, 0.5) is 4.79 Å². The summed E-state index contributed by atoms with van der Waals surface area (Å²) < 4.78 is 0.782. The first kappa shape index (κ1) is 12.5. The van der Waals surface area contributed by atoms with E-state index in [4.69, 9.17) is 0 Å². The van der Waals surface area contributed by atoms with E-state index in [0.717, 1.165) is 23.9 Å². The summed E-state index contributed by atoms with van der Waals surface area (Å²) in [6.07, 6.45) is 2.14. The first-order valence-corrected chi connectivity index (χ1v) is 5.19. The fraction of sp³-hybridized carbons (Fsp3) is 0.667. The van der Waals surface area contributed by atoms with Crippen LogP contribution < -0.4 is 5.32 Å². The van der Waals surface area contributed by atoms with Gasteiger partial charge in [-0.25, -0.2) is 4.79 Å². The summed E-state index contributed by atoms with van der Waals surface area (Å²) >= 11 is 3.18. The molecule has 0 fully saturated rings. The molecule has 1 N–H and O–H groups in total. The molecule has 0 saturated heterocycles. The van der Waals surface area contributed by atoms with Crippen LogP contribution in [0.2, 0.25) is 0 Å². The number of carbonyl (C=O) groups excluding carboxylic acids is 1. The minimum Gasteiger partial charge on any atom is -0.333 e. The van der Waals surface area contributed by atoms with E-state index in [1.54, 1.807) is 11.9 Å². The molecule has 0 saturated carbocycles. The second-order valence-electron chi connectivity index (χ2n) is 2.95. The third-order valence-corrected chi connectivity index (χ3v) is 1.91. The van der Waals surface area contributed by atoms with Crippen molar-refractivity contribution in [2.45, 2.75) is 19.8 Å². The van der Waals surface area contributed by atoms with Gasteiger partial charge in [0.2, 0.25) is 0 Å². The maximum Gasteiger partial charge on any atom is 0.317 e. The molecule has 2 amide bonds. The average Bonchev–Trinajstić information content (AvgIpc) is 2.10. The molecule has 0 rings (SSSR count). The summed E-state index contributed by atoms with van der Waals surface area (Å²) in [5.41, 5.74) is 0. The predicted molar refractivity (Wildman–Crippen MR) is 59.0 cm³/mol. The molecular formula is C9H17BrN2O. The second kappa shape index (κ2) is 6.95. The molecule has 0 aliphatic rings. The standard InChI is InChI=1S/C9H17BrN2O/c1-4-5-6-12(3)9(13)11-7-8(2)10/h2,4-7H2,1,3H3,(H,11,13). The van der Waals surface area contributed by atoms with Gasteiger partial charge in [-0.1, -0.05) is 35.9 Å². The zero-order valence-electron chi connectivity index (χ0n) is 8.27. The molecule has 0 aromatic rings. The monoisotopic (exact) mass is 248 g/mol. The van der Waals surface area contributed by atoms with E-state index >= 15 is 0 Å². The largest absolute Gasteiger partial charge is 0.333 e. The lowest BCUT2D eigenvalue weighted by Crippen LogP contribution is -2.38. The lowest BCUT2D eigenvalue weighted by atomic mass is 10.3. The van der Waals surface area contributed by atoms with Crippen molar-refractivity contribution in [3.05, 3.63) is 11.1 Å². The normalized spacial score (nSPS) is 9.46. The van der Waals surface area contributed by atoms with Gasteiger partial charge in [-0.3, -0.25) is 0 Å². The average molecular weight is 249 g/mol. The summed E-state index contributed by atoms with van der Waals surface area (Å²) in [6.45, 7) is 7.02. The lowest BCUT2D eigenvalue weighted by molar-refractivity contribution is 0.209. The number of urea groups is 1. The van der Waals surface area contributed by atoms with Crippen LogP contribution in [0.3, 0.4) is 0 Å².